The highest BCUT2D eigenvalue weighted by Crippen LogP contribution is 2.41. The van der Waals surface area contributed by atoms with Gasteiger partial charge in [-0.1, -0.05) is 6.07 Å². The van der Waals surface area contributed by atoms with Gasteiger partial charge in [0.15, 0.2) is 0 Å². The van der Waals surface area contributed by atoms with Crippen molar-refractivity contribution < 1.29 is 9.90 Å². The van der Waals surface area contributed by atoms with E-state index in [2.05, 4.69) is 22.8 Å². The predicted molar refractivity (Wildman–Crippen MR) is 67.3 cm³/mol. The summed E-state index contributed by atoms with van der Waals surface area (Å²) in [7, 11) is 0. The van der Waals surface area contributed by atoms with Crippen molar-refractivity contribution in [2.24, 2.45) is 5.92 Å². The number of hydrogen-bond donors (Lipinski definition) is 2. The van der Waals surface area contributed by atoms with Crippen LogP contribution in [0.25, 0.3) is 0 Å². The molecule has 2 saturated heterocycles. The number of thiophene rings is 1. The fourth-order valence-electron chi connectivity index (χ4n) is 3.41. The van der Waals surface area contributed by atoms with Crippen molar-refractivity contribution in [2.75, 3.05) is 0 Å². The van der Waals surface area contributed by atoms with Crippen molar-refractivity contribution in [1.29, 1.82) is 0 Å². The SMILES string of the molecule is O=C(O)[C@H]1CC2CCC(Cc3cccs3)(C1)N2. The van der Waals surface area contributed by atoms with Gasteiger partial charge in [-0.3, -0.25) is 4.79 Å². The number of piperidine rings is 1. The van der Waals surface area contributed by atoms with Gasteiger partial charge in [-0.15, -0.1) is 11.3 Å². The molecular formula is C13H17NO2S. The van der Waals surface area contributed by atoms with Gasteiger partial charge < -0.3 is 10.4 Å². The molecule has 0 aromatic carbocycles. The second-order valence-corrected chi connectivity index (χ2v) is 6.42. The monoisotopic (exact) mass is 251 g/mol. The molecule has 2 N–H and O–H groups in total. The molecule has 2 aliphatic rings. The van der Waals surface area contributed by atoms with E-state index in [-0.39, 0.29) is 11.5 Å². The molecule has 1 aromatic heterocycles. The van der Waals surface area contributed by atoms with E-state index in [4.69, 9.17) is 0 Å². The molecular weight excluding hydrogens is 234 g/mol. The van der Waals surface area contributed by atoms with E-state index in [0.717, 1.165) is 32.1 Å². The van der Waals surface area contributed by atoms with Crippen LogP contribution in [-0.4, -0.2) is 22.7 Å². The first-order valence-electron chi connectivity index (χ1n) is 6.20. The average Bonchev–Trinajstić information content (AvgIpc) is 2.87. The molecule has 3 rings (SSSR count). The van der Waals surface area contributed by atoms with Crippen molar-refractivity contribution in [3.05, 3.63) is 22.4 Å². The van der Waals surface area contributed by atoms with E-state index in [1.165, 1.54) is 4.88 Å². The number of hydrogen-bond acceptors (Lipinski definition) is 3. The van der Waals surface area contributed by atoms with Crippen LogP contribution in [0.2, 0.25) is 0 Å². The van der Waals surface area contributed by atoms with Gasteiger partial charge in [-0.2, -0.15) is 0 Å². The summed E-state index contributed by atoms with van der Waals surface area (Å²) in [5.74, 6) is -0.766. The summed E-state index contributed by atoms with van der Waals surface area (Å²) in [6.45, 7) is 0. The highest BCUT2D eigenvalue weighted by molar-refractivity contribution is 7.09. The van der Waals surface area contributed by atoms with Crippen molar-refractivity contribution in [3.8, 4) is 0 Å². The Morgan fingerprint density at radius 2 is 2.53 bits per heavy atom. The molecule has 0 aliphatic carbocycles. The van der Waals surface area contributed by atoms with E-state index in [1.807, 2.05) is 0 Å². The summed E-state index contributed by atoms with van der Waals surface area (Å²) in [6, 6.07) is 4.64. The minimum Gasteiger partial charge on any atom is -0.481 e. The van der Waals surface area contributed by atoms with Crippen LogP contribution in [0.5, 0.6) is 0 Å². The van der Waals surface area contributed by atoms with Crippen molar-refractivity contribution >= 4 is 17.3 Å². The molecule has 17 heavy (non-hydrogen) atoms. The third kappa shape index (κ3) is 2.11. The van der Waals surface area contributed by atoms with Crippen LogP contribution in [0, 0.1) is 5.92 Å². The molecule has 0 radical (unpaired) electrons. The highest BCUT2D eigenvalue weighted by Gasteiger charge is 2.47. The van der Waals surface area contributed by atoms with Gasteiger partial charge in [0.1, 0.15) is 0 Å². The lowest BCUT2D eigenvalue weighted by atomic mass is 9.81. The largest absolute Gasteiger partial charge is 0.481 e. The standard InChI is InChI=1S/C13H17NO2S/c15-12(16)9-6-10-3-4-13(7-9,14-10)8-11-2-1-5-17-11/h1-2,5,9-10,14H,3-4,6-8H2,(H,15,16)/t9-,10?,13?/m0/s1. The quantitative estimate of drug-likeness (QED) is 0.866. The number of aliphatic carboxylic acids is 1. The molecule has 3 nitrogen and oxygen atoms in total. The Balaban J connectivity index is 1.79. The number of rotatable bonds is 3. The summed E-state index contributed by atoms with van der Waals surface area (Å²) in [6.07, 6.45) is 4.84. The van der Waals surface area contributed by atoms with E-state index in [9.17, 15) is 9.90 Å². The lowest BCUT2D eigenvalue weighted by Gasteiger charge is -2.37. The maximum Gasteiger partial charge on any atom is 0.306 e. The molecule has 2 aliphatic heterocycles. The number of carboxylic acids is 1. The molecule has 3 atom stereocenters. The summed E-state index contributed by atoms with van der Waals surface area (Å²) in [5.41, 5.74) is 0.0524. The van der Waals surface area contributed by atoms with Crippen LogP contribution in [0.15, 0.2) is 17.5 Å². The first-order chi connectivity index (χ1) is 8.17. The topological polar surface area (TPSA) is 49.3 Å². The lowest BCUT2D eigenvalue weighted by Crippen LogP contribution is -2.52. The normalized spacial score (nSPS) is 36.0. The maximum absolute atomic E-state index is 11.2. The average molecular weight is 251 g/mol. The van der Waals surface area contributed by atoms with Gasteiger partial charge in [0.2, 0.25) is 0 Å². The van der Waals surface area contributed by atoms with Gasteiger partial charge in [0, 0.05) is 16.5 Å². The summed E-state index contributed by atoms with van der Waals surface area (Å²) in [5, 5.41) is 15.0. The van der Waals surface area contributed by atoms with Gasteiger partial charge in [0.25, 0.3) is 0 Å². The molecule has 0 spiro atoms. The molecule has 2 fully saturated rings. The van der Waals surface area contributed by atoms with Gasteiger partial charge in [-0.05, 0) is 43.6 Å². The molecule has 92 valence electrons. The van der Waals surface area contributed by atoms with E-state index >= 15 is 0 Å². The minimum atomic E-state index is -0.617. The molecule has 0 amide bonds. The van der Waals surface area contributed by atoms with Crippen LogP contribution in [-0.2, 0) is 11.2 Å². The third-order valence-electron chi connectivity index (χ3n) is 4.13. The summed E-state index contributed by atoms with van der Waals surface area (Å²) < 4.78 is 0. The Morgan fingerprint density at radius 3 is 3.24 bits per heavy atom. The maximum atomic E-state index is 11.2. The van der Waals surface area contributed by atoms with E-state index in [1.54, 1.807) is 11.3 Å². The molecule has 0 saturated carbocycles. The first-order valence-corrected chi connectivity index (χ1v) is 7.08. The molecule has 1 aromatic rings. The zero-order valence-corrected chi connectivity index (χ0v) is 10.5. The molecule has 3 heterocycles. The van der Waals surface area contributed by atoms with Crippen LogP contribution in [0.3, 0.4) is 0 Å². The molecule has 2 bridgehead atoms. The second kappa shape index (κ2) is 4.10. The van der Waals surface area contributed by atoms with Crippen molar-refractivity contribution in [1.82, 2.24) is 5.32 Å². The third-order valence-corrected chi connectivity index (χ3v) is 5.01. The first kappa shape index (κ1) is 11.2. The van der Waals surface area contributed by atoms with E-state index in [0.29, 0.717) is 6.04 Å². The lowest BCUT2D eigenvalue weighted by molar-refractivity contribution is -0.143. The number of carboxylic acid groups (broad SMARTS) is 1. The zero-order valence-electron chi connectivity index (χ0n) is 9.69. The second-order valence-electron chi connectivity index (χ2n) is 5.39. The van der Waals surface area contributed by atoms with Crippen LogP contribution < -0.4 is 5.32 Å². The number of nitrogens with one attached hydrogen (secondary N) is 1. The predicted octanol–water partition coefficient (Wildman–Crippen LogP) is 2.28. The Labute approximate surface area is 105 Å². The fourth-order valence-corrected chi connectivity index (χ4v) is 4.26. The van der Waals surface area contributed by atoms with Gasteiger partial charge in [0.05, 0.1) is 5.92 Å². The highest BCUT2D eigenvalue weighted by atomic mass is 32.1. The smallest absolute Gasteiger partial charge is 0.306 e. The minimum absolute atomic E-state index is 0.0524. The Kier molecular flexibility index (Phi) is 2.71. The Hall–Kier alpha value is -0.870. The molecule has 2 unspecified atom stereocenters. The van der Waals surface area contributed by atoms with Crippen LogP contribution in [0.1, 0.15) is 30.6 Å². The Bertz CT molecular complexity index is 417. The summed E-state index contributed by atoms with van der Waals surface area (Å²) >= 11 is 1.77. The van der Waals surface area contributed by atoms with Crippen molar-refractivity contribution in [3.63, 3.8) is 0 Å². The zero-order chi connectivity index (χ0) is 11.9. The van der Waals surface area contributed by atoms with E-state index < -0.39 is 5.97 Å². The number of carbonyl (C=O) groups is 1. The van der Waals surface area contributed by atoms with Crippen molar-refractivity contribution in [2.45, 2.75) is 43.7 Å². The number of fused-ring (bicyclic) bond motifs is 2. The van der Waals surface area contributed by atoms with Gasteiger partial charge >= 0.3 is 5.97 Å². The summed E-state index contributed by atoms with van der Waals surface area (Å²) in [4.78, 5) is 12.6. The van der Waals surface area contributed by atoms with Gasteiger partial charge in [-0.25, -0.2) is 0 Å². The van der Waals surface area contributed by atoms with Crippen LogP contribution >= 0.6 is 11.3 Å². The Morgan fingerprint density at radius 1 is 1.65 bits per heavy atom. The fraction of sp³-hybridized carbons (Fsp3) is 0.615. The molecule has 4 heteroatoms. The van der Waals surface area contributed by atoms with Crippen LogP contribution in [0.4, 0.5) is 0 Å².